The monoisotopic (exact) mass is 218 g/mol. The van der Waals surface area contributed by atoms with Gasteiger partial charge in [-0.25, -0.2) is 0 Å². The lowest BCUT2D eigenvalue weighted by Crippen LogP contribution is -2.18. The molecule has 0 unspecified atom stereocenters. The Balaban J connectivity index is 3.00. The Morgan fingerprint density at radius 3 is 1.69 bits per heavy atom. The highest BCUT2D eigenvalue weighted by atomic mass is 32.1. The predicted octanol–water partition coefficient (Wildman–Crippen LogP) is 4.60. The van der Waals surface area contributed by atoms with Crippen molar-refractivity contribution in [2.75, 3.05) is 5.75 Å². The van der Waals surface area contributed by atoms with Gasteiger partial charge in [-0.2, -0.15) is 12.6 Å². The van der Waals surface area contributed by atoms with Crippen LogP contribution in [0.15, 0.2) is 0 Å². The molecule has 0 spiro atoms. The van der Waals surface area contributed by atoms with Crippen LogP contribution >= 0.6 is 12.6 Å². The van der Waals surface area contributed by atoms with Crippen molar-refractivity contribution in [3.8, 4) is 0 Å². The maximum Gasteiger partial charge on any atom is 0.0442 e. The quantitative estimate of drug-likeness (QED) is 0.344. The van der Waals surface area contributed by atoms with Crippen molar-refractivity contribution in [1.29, 1.82) is 0 Å². The van der Waals surface area contributed by atoms with Crippen LogP contribution in [-0.4, -0.2) is 13.8 Å². The Morgan fingerprint density at radius 2 is 1.23 bits per heavy atom. The molecule has 0 bridgehead atoms. The van der Waals surface area contributed by atoms with Gasteiger partial charge in [-0.15, -0.1) is 0 Å². The summed E-state index contributed by atoms with van der Waals surface area (Å²) >= 11 is 4.21. The molecule has 0 rings (SSSR count). The maximum atomic E-state index is 4.21. The molecule has 0 atom stereocenters. The fraction of sp³-hybridized carbons (Fsp3) is 1.00. The van der Waals surface area contributed by atoms with Crippen LogP contribution in [0.3, 0.4) is 0 Å². The molecule has 0 saturated carbocycles. The summed E-state index contributed by atoms with van der Waals surface area (Å²) in [6.07, 6.45) is 8.48. The molecule has 0 aliphatic rings. The highest BCUT2D eigenvalue weighted by Crippen LogP contribution is 2.15. The maximum absolute atomic E-state index is 4.21. The number of hydrogen-bond acceptors (Lipinski definition) is 1. The van der Waals surface area contributed by atoms with Crippen molar-refractivity contribution >= 4 is 20.7 Å². The van der Waals surface area contributed by atoms with Crippen molar-refractivity contribution in [2.24, 2.45) is 0 Å². The van der Waals surface area contributed by atoms with E-state index in [1.807, 2.05) is 0 Å². The molecule has 0 N–H and O–H groups in total. The van der Waals surface area contributed by atoms with Crippen LogP contribution in [0.2, 0.25) is 25.7 Å². The van der Waals surface area contributed by atoms with E-state index in [0.717, 1.165) is 5.75 Å². The summed E-state index contributed by atoms with van der Waals surface area (Å²) in [6.45, 7) is 7.40. The highest BCUT2D eigenvalue weighted by Gasteiger charge is 2.11. The van der Waals surface area contributed by atoms with Crippen LogP contribution < -0.4 is 0 Å². The largest absolute Gasteiger partial charge is 0.179 e. The van der Waals surface area contributed by atoms with Crippen molar-refractivity contribution in [2.45, 2.75) is 64.2 Å². The molecule has 0 aliphatic carbocycles. The van der Waals surface area contributed by atoms with Gasteiger partial charge in [-0.3, -0.25) is 0 Å². The summed E-state index contributed by atoms with van der Waals surface area (Å²) in [5.74, 6) is 1.06. The van der Waals surface area contributed by atoms with Gasteiger partial charge in [0.1, 0.15) is 0 Å². The highest BCUT2D eigenvalue weighted by molar-refractivity contribution is 7.80. The molecule has 0 saturated heterocycles. The molecule has 0 aromatic rings. The smallest absolute Gasteiger partial charge is 0.0442 e. The van der Waals surface area contributed by atoms with Crippen molar-refractivity contribution in [3.05, 3.63) is 0 Å². The van der Waals surface area contributed by atoms with Crippen LogP contribution in [0.1, 0.15) is 38.5 Å². The van der Waals surface area contributed by atoms with E-state index in [2.05, 4.69) is 32.3 Å². The average Bonchev–Trinajstić information content (AvgIpc) is 2.01. The zero-order valence-electron chi connectivity index (χ0n) is 9.60. The number of unbranched alkanes of at least 4 members (excludes halogenated alkanes) is 5. The van der Waals surface area contributed by atoms with Gasteiger partial charge in [0.15, 0.2) is 0 Å². The summed E-state index contributed by atoms with van der Waals surface area (Å²) in [6, 6.07) is 1.51. The van der Waals surface area contributed by atoms with E-state index in [1.165, 1.54) is 44.6 Å². The second kappa shape index (κ2) is 7.92. The third-order valence-corrected chi connectivity index (χ3v) is 4.50. The minimum atomic E-state index is -0.745. The Kier molecular flexibility index (Phi) is 8.27. The van der Waals surface area contributed by atoms with Crippen LogP contribution in [-0.2, 0) is 0 Å². The van der Waals surface area contributed by atoms with E-state index in [4.69, 9.17) is 0 Å². The molecule has 0 aliphatic heterocycles. The molecule has 0 heterocycles. The van der Waals surface area contributed by atoms with Gasteiger partial charge in [0.2, 0.25) is 0 Å². The summed E-state index contributed by atoms with van der Waals surface area (Å²) in [5, 5.41) is 0. The minimum Gasteiger partial charge on any atom is -0.179 e. The summed E-state index contributed by atoms with van der Waals surface area (Å²) < 4.78 is 0. The molecule has 2 heteroatoms. The van der Waals surface area contributed by atoms with Gasteiger partial charge in [0, 0.05) is 8.07 Å². The van der Waals surface area contributed by atoms with Crippen LogP contribution in [0.4, 0.5) is 0 Å². The van der Waals surface area contributed by atoms with Crippen LogP contribution in [0.25, 0.3) is 0 Å². The van der Waals surface area contributed by atoms with Crippen molar-refractivity contribution < 1.29 is 0 Å². The van der Waals surface area contributed by atoms with Gasteiger partial charge in [0.25, 0.3) is 0 Å². The summed E-state index contributed by atoms with van der Waals surface area (Å²) in [4.78, 5) is 0. The third kappa shape index (κ3) is 12.6. The topological polar surface area (TPSA) is 0 Å². The van der Waals surface area contributed by atoms with E-state index in [1.54, 1.807) is 0 Å². The van der Waals surface area contributed by atoms with E-state index in [0.29, 0.717) is 0 Å². The van der Waals surface area contributed by atoms with Crippen molar-refractivity contribution in [3.63, 3.8) is 0 Å². The molecule has 0 aromatic carbocycles. The van der Waals surface area contributed by atoms with Crippen molar-refractivity contribution in [1.82, 2.24) is 0 Å². The van der Waals surface area contributed by atoms with Gasteiger partial charge < -0.3 is 0 Å². The standard InChI is InChI=1S/C11H26SSi/c1-13(2,3)11-9-7-5-4-6-8-10-12/h12H,4-11H2,1-3H3. The molecule has 80 valence electrons. The zero-order valence-corrected chi connectivity index (χ0v) is 11.5. The normalized spacial score (nSPS) is 12.0. The van der Waals surface area contributed by atoms with E-state index >= 15 is 0 Å². The lowest BCUT2D eigenvalue weighted by atomic mass is 10.1. The Labute approximate surface area is 90.9 Å². The van der Waals surface area contributed by atoms with Crippen LogP contribution in [0.5, 0.6) is 0 Å². The first-order valence-electron chi connectivity index (χ1n) is 5.67. The van der Waals surface area contributed by atoms with E-state index < -0.39 is 8.07 Å². The molecular formula is C11H26SSi. The molecule has 0 aromatic heterocycles. The second-order valence-electron chi connectivity index (χ2n) is 5.16. The Hall–Kier alpha value is 0.567. The minimum absolute atomic E-state index is 0.745. The first-order valence-corrected chi connectivity index (χ1v) is 10.0. The predicted molar refractivity (Wildman–Crippen MR) is 69.7 cm³/mol. The summed E-state index contributed by atoms with van der Waals surface area (Å²) in [7, 11) is -0.745. The second-order valence-corrected chi connectivity index (χ2v) is 11.2. The zero-order chi connectivity index (χ0) is 10.2. The number of rotatable bonds is 8. The summed E-state index contributed by atoms with van der Waals surface area (Å²) in [5.41, 5.74) is 0. The van der Waals surface area contributed by atoms with E-state index in [9.17, 15) is 0 Å². The van der Waals surface area contributed by atoms with E-state index in [-0.39, 0.29) is 0 Å². The fourth-order valence-corrected chi connectivity index (χ4v) is 3.01. The molecule has 0 radical (unpaired) electrons. The third-order valence-electron chi connectivity index (χ3n) is 2.33. The van der Waals surface area contributed by atoms with Crippen LogP contribution in [0, 0.1) is 0 Å². The lowest BCUT2D eigenvalue weighted by molar-refractivity contribution is 0.625. The first kappa shape index (κ1) is 13.6. The fourth-order valence-electron chi connectivity index (χ4n) is 1.47. The molecule has 0 fully saturated rings. The molecule has 0 nitrogen and oxygen atoms in total. The van der Waals surface area contributed by atoms with Gasteiger partial charge in [-0.1, -0.05) is 57.8 Å². The molecule has 13 heavy (non-hydrogen) atoms. The van der Waals surface area contributed by atoms with Gasteiger partial charge in [-0.05, 0) is 12.2 Å². The van der Waals surface area contributed by atoms with Gasteiger partial charge >= 0.3 is 0 Å². The van der Waals surface area contributed by atoms with Gasteiger partial charge in [0.05, 0.1) is 0 Å². The number of hydrogen-bond donors (Lipinski definition) is 1. The first-order chi connectivity index (χ1) is 6.06. The SMILES string of the molecule is C[Si](C)(C)CCCCCCCCS. The number of thiol groups is 1. The average molecular weight is 218 g/mol. The Bertz CT molecular complexity index is 107. The Morgan fingerprint density at radius 1 is 0.769 bits per heavy atom. The lowest BCUT2D eigenvalue weighted by Gasteiger charge is -2.14. The molecular weight excluding hydrogens is 192 g/mol. The molecule has 0 amide bonds.